The van der Waals surface area contributed by atoms with Gasteiger partial charge in [0, 0.05) is 24.5 Å². The van der Waals surface area contributed by atoms with Gasteiger partial charge in [0.2, 0.25) is 29.5 Å². The van der Waals surface area contributed by atoms with E-state index < -0.39 is 60.4 Å². The summed E-state index contributed by atoms with van der Waals surface area (Å²) in [6, 6.07) is -3.86. The fourth-order valence-electron chi connectivity index (χ4n) is 2.30. The lowest BCUT2D eigenvalue weighted by Crippen LogP contribution is -2.59. The second kappa shape index (κ2) is 17.8. The Bertz CT molecular complexity index is 756. The molecule has 0 aromatic rings. The molecule has 4 unspecified atom stereocenters. The molecule has 0 aliphatic carbocycles. The van der Waals surface area contributed by atoms with Crippen LogP contribution in [0.15, 0.2) is 0 Å². The molecule has 15 nitrogen and oxygen atoms in total. The van der Waals surface area contributed by atoms with E-state index in [0.29, 0.717) is 12.3 Å². The summed E-state index contributed by atoms with van der Waals surface area (Å²) in [4.78, 5) is 70.1. The number of primary amides is 1. The highest BCUT2D eigenvalue weighted by atomic mass is 33.1. The van der Waals surface area contributed by atoms with Crippen LogP contribution in [0.3, 0.4) is 0 Å². The summed E-state index contributed by atoms with van der Waals surface area (Å²) in [6.45, 7) is 0.730. The van der Waals surface area contributed by atoms with Gasteiger partial charge in [0.1, 0.15) is 18.6 Å². The number of aliphatic hydroxyl groups excluding tert-OH is 1. The Morgan fingerprint density at radius 2 is 1.63 bits per heavy atom. The van der Waals surface area contributed by atoms with Crippen molar-refractivity contribution in [1.82, 2.24) is 21.3 Å². The third kappa shape index (κ3) is 15.1. The van der Waals surface area contributed by atoms with Gasteiger partial charge in [0.25, 0.3) is 0 Å². The largest absolute Gasteiger partial charge is 0.480 e. The minimum atomic E-state index is -1.49. The van der Waals surface area contributed by atoms with E-state index in [-0.39, 0.29) is 31.0 Å². The zero-order chi connectivity index (χ0) is 27.0. The number of hydrogen-bond acceptors (Lipinski definition) is 11. The van der Waals surface area contributed by atoms with Crippen LogP contribution in [0.5, 0.6) is 0 Å². The van der Waals surface area contributed by atoms with Crippen molar-refractivity contribution < 1.29 is 39.0 Å². The average molecular weight is 540 g/mol. The lowest BCUT2D eigenvalue weighted by molar-refractivity contribution is -0.138. The molecule has 17 heteroatoms. The van der Waals surface area contributed by atoms with Crippen molar-refractivity contribution in [2.24, 2.45) is 17.2 Å². The van der Waals surface area contributed by atoms with Gasteiger partial charge in [-0.2, -0.15) is 0 Å². The van der Waals surface area contributed by atoms with E-state index >= 15 is 0 Å². The summed E-state index contributed by atoms with van der Waals surface area (Å²) in [7, 11) is 2.45. The van der Waals surface area contributed by atoms with Crippen LogP contribution in [0.4, 0.5) is 0 Å². The van der Waals surface area contributed by atoms with Crippen molar-refractivity contribution in [2.45, 2.75) is 44.0 Å². The minimum Gasteiger partial charge on any atom is -0.480 e. The van der Waals surface area contributed by atoms with Crippen LogP contribution in [-0.4, -0.2) is 101 Å². The summed E-state index contributed by atoms with van der Waals surface area (Å²) in [5.74, 6) is -4.33. The molecule has 0 aliphatic rings. The highest BCUT2D eigenvalue weighted by molar-refractivity contribution is 8.76. The number of aliphatic carboxylic acids is 1. The molecule has 35 heavy (non-hydrogen) atoms. The SMILES string of the molecule is CC(O)C(NC(=O)C(N)CCC(N)=O)C(=O)NC(CSSCCNC(=O)CN)C(=O)NCC(=O)O. The maximum atomic E-state index is 12.7. The van der Waals surface area contributed by atoms with Crippen molar-refractivity contribution in [3.8, 4) is 0 Å². The molecule has 0 heterocycles. The third-order valence-corrected chi connectivity index (χ3v) is 6.57. The van der Waals surface area contributed by atoms with Gasteiger partial charge in [0.05, 0.1) is 18.7 Å². The fraction of sp³-hybridized carbons (Fsp3) is 0.667. The van der Waals surface area contributed by atoms with Crippen LogP contribution in [0.2, 0.25) is 0 Å². The average Bonchev–Trinajstić information content (AvgIpc) is 2.79. The van der Waals surface area contributed by atoms with E-state index in [2.05, 4.69) is 21.3 Å². The lowest BCUT2D eigenvalue weighted by atomic mass is 10.1. The Labute approximate surface area is 209 Å². The molecule has 0 spiro atoms. The first kappa shape index (κ1) is 32.4. The van der Waals surface area contributed by atoms with E-state index in [9.17, 15) is 33.9 Å². The summed E-state index contributed by atoms with van der Waals surface area (Å²) < 4.78 is 0. The highest BCUT2D eigenvalue weighted by Gasteiger charge is 2.31. The first-order valence-electron chi connectivity index (χ1n) is 10.4. The van der Waals surface area contributed by atoms with Crippen LogP contribution in [0.25, 0.3) is 0 Å². The topological polar surface area (TPSA) is 269 Å². The quantitative estimate of drug-likeness (QED) is 0.0590. The van der Waals surface area contributed by atoms with Gasteiger partial charge in [-0.05, 0) is 13.3 Å². The molecule has 0 saturated carbocycles. The van der Waals surface area contributed by atoms with Crippen LogP contribution in [0.1, 0.15) is 19.8 Å². The van der Waals surface area contributed by atoms with E-state index in [0.717, 1.165) is 0 Å². The second-order valence-electron chi connectivity index (χ2n) is 7.17. The number of amides is 5. The Morgan fingerprint density at radius 3 is 2.17 bits per heavy atom. The summed E-state index contributed by atoms with van der Waals surface area (Å²) in [5, 5.41) is 28.1. The third-order valence-electron chi connectivity index (χ3n) is 4.16. The van der Waals surface area contributed by atoms with Gasteiger partial charge in [0.15, 0.2) is 0 Å². The number of carbonyl (C=O) groups excluding carboxylic acids is 5. The number of carboxylic acids is 1. The normalized spacial score (nSPS) is 14.1. The first-order chi connectivity index (χ1) is 16.4. The minimum absolute atomic E-state index is 0.00525. The first-order valence-corrected chi connectivity index (χ1v) is 12.9. The van der Waals surface area contributed by atoms with Gasteiger partial charge >= 0.3 is 5.97 Å². The van der Waals surface area contributed by atoms with E-state index in [1.807, 2.05) is 0 Å². The van der Waals surface area contributed by atoms with Gasteiger partial charge in [-0.15, -0.1) is 0 Å². The predicted octanol–water partition coefficient (Wildman–Crippen LogP) is -4.41. The molecule has 200 valence electrons. The summed E-state index contributed by atoms with van der Waals surface area (Å²) >= 11 is 0. The summed E-state index contributed by atoms with van der Waals surface area (Å²) in [6.07, 6.45) is -1.61. The van der Waals surface area contributed by atoms with Crippen LogP contribution < -0.4 is 38.5 Å². The monoisotopic (exact) mass is 539 g/mol. The molecule has 0 aromatic carbocycles. The lowest BCUT2D eigenvalue weighted by Gasteiger charge is -2.25. The van der Waals surface area contributed by atoms with Crippen LogP contribution in [-0.2, 0) is 28.8 Å². The van der Waals surface area contributed by atoms with E-state index in [1.54, 1.807) is 0 Å². The number of carboxylic acid groups (broad SMARTS) is 1. The Morgan fingerprint density at radius 1 is 0.971 bits per heavy atom. The second-order valence-corrected chi connectivity index (χ2v) is 9.80. The molecule has 4 atom stereocenters. The van der Waals surface area contributed by atoms with Crippen molar-refractivity contribution in [3.63, 3.8) is 0 Å². The van der Waals surface area contributed by atoms with Crippen LogP contribution >= 0.6 is 21.6 Å². The van der Waals surface area contributed by atoms with Gasteiger partial charge in [-0.1, -0.05) is 21.6 Å². The fourth-order valence-corrected chi connectivity index (χ4v) is 4.37. The number of nitrogens with two attached hydrogens (primary N) is 3. The van der Waals surface area contributed by atoms with Gasteiger partial charge in [-0.25, -0.2) is 0 Å². The smallest absolute Gasteiger partial charge is 0.322 e. The van der Waals surface area contributed by atoms with Gasteiger partial charge < -0.3 is 48.7 Å². The Kier molecular flexibility index (Phi) is 16.5. The zero-order valence-corrected chi connectivity index (χ0v) is 20.8. The molecular weight excluding hydrogens is 506 g/mol. The predicted molar refractivity (Wildman–Crippen MR) is 130 cm³/mol. The van der Waals surface area contributed by atoms with Crippen LogP contribution in [0, 0.1) is 0 Å². The number of carbonyl (C=O) groups is 6. The molecule has 0 fully saturated rings. The standard InChI is InChI=1S/C18H33N7O8S2/c1-9(26)15(25-16(31)10(20)2-3-12(21)27)18(33)24-11(17(32)23-7-14(29)30)8-35-34-5-4-22-13(28)6-19/h9-11,15,26H,2-8,19-20H2,1H3,(H2,21,27)(H,22,28)(H,23,32)(H,24,33)(H,25,31)(H,29,30). The molecule has 0 radical (unpaired) electrons. The molecule has 0 aliphatic heterocycles. The molecule has 0 aromatic heterocycles. The molecule has 0 bridgehead atoms. The van der Waals surface area contributed by atoms with E-state index in [4.69, 9.17) is 22.3 Å². The van der Waals surface area contributed by atoms with Crippen molar-refractivity contribution >= 4 is 57.1 Å². The molecule has 0 rings (SSSR count). The molecule has 5 amide bonds. The Balaban J connectivity index is 5.08. The number of nitrogens with one attached hydrogen (secondary N) is 4. The zero-order valence-electron chi connectivity index (χ0n) is 19.2. The van der Waals surface area contributed by atoms with Crippen molar-refractivity contribution in [3.05, 3.63) is 0 Å². The molecule has 12 N–H and O–H groups in total. The number of rotatable bonds is 18. The van der Waals surface area contributed by atoms with Gasteiger partial charge in [-0.3, -0.25) is 28.8 Å². The maximum absolute atomic E-state index is 12.7. The molecule has 0 saturated heterocycles. The maximum Gasteiger partial charge on any atom is 0.322 e. The summed E-state index contributed by atoms with van der Waals surface area (Å²) in [5.41, 5.74) is 15.9. The Hall–Kier alpha value is -2.60. The van der Waals surface area contributed by atoms with E-state index in [1.165, 1.54) is 28.5 Å². The number of aliphatic hydroxyl groups is 1. The highest BCUT2D eigenvalue weighted by Crippen LogP contribution is 2.21. The number of hydrogen-bond donors (Lipinski definition) is 9. The van der Waals surface area contributed by atoms with Crippen molar-refractivity contribution in [2.75, 3.05) is 31.1 Å². The van der Waals surface area contributed by atoms with Crippen molar-refractivity contribution in [1.29, 1.82) is 0 Å². The molecular formula is C18H33N7O8S2.